The number of carbonyl (C=O) groups is 2. The zero-order valence-electron chi connectivity index (χ0n) is 14.9. The van der Waals surface area contributed by atoms with Crippen LogP contribution in [0.15, 0.2) is 36.4 Å². The number of nitrogens with one attached hydrogen (secondary N) is 2. The molecular formula is C19H20Cl2N2O3. The Balaban J connectivity index is 2.19. The molecule has 2 aromatic rings. The number of anilines is 2. The van der Waals surface area contributed by atoms with E-state index in [4.69, 9.17) is 27.9 Å². The van der Waals surface area contributed by atoms with Gasteiger partial charge < -0.3 is 15.4 Å². The number of ether oxygens (including phenoxy) is 1. The van der Waals surface area contributed by atoms with Crippen molar-refractivity contribution in [3.8, 4) is 5.75 Å². The van der Waals surface area contributed by atoms with Gasteiger partial charge in [-0.2, -0.15) is 0 Å². The number of hydrogen-bond donors (Lipinski definition) is 2. The SMILES string of the molecule is COc1cc(Cl)c(C)cc1NC(=O)C(C)(C)C(=O)Nc1cccc(Cl)c1. The van der Waals surface area contributed by atoms with Crippen LogP contribution in [0.3, 0.4) is 0 Å². The van der Waals surface area contributed by atoms with E-state index in [1.165, 1.54) is 21.0 Å². The minimum Gasteiger partial charge on any atom is -0.495 e. The zero-order valence-corrected chi connectivity index (χ0v) is 16.5. The molecule has 0 saturated carbocycles. The average molecular weight is 395 g/mol. The maximum Gasteiger partial charge on any atom is 0.239 e. The van der Waals surface area contributed by atoms with Crippen LogP contribution >= 0.6 is 23.2 Å². The quantitative estimate of drug-likeness (QED) is 0.707. The summed E-state index contributed by atoms with van der Waals surface area (Å²) in [6.07, 6.45) is 0. The molecule has 5 nitrogen and oxygen atoms in total. The summed E-state index contributed by atoms with van der Waals surface area (Å²) in [7, 11) is 1.48. The molecule has 26 heavy (non-hydrogen) atoms. The van der Waals surface area contributed by atoms with Gasteiger partial charge in [0.2, 0.25) is 11.8 Å². The van der Waals surface area contributed by atoms with Crippen LogP contribution < -0.4 is 15.4 Å². The fourth-order valence-corrected chi connectivity index (χ4v) is 2.51. The van der Waals surface area contributed by atoms with Gasteiger partial charge in [0.1, 0.15) is 11.2 Å². The lowest BCUT2D eigenvalue weighted by molar-refractivity contribution is -0.135. The largest absolute Gasteiger partial charge is 0.495 e. The smallest absolute Gasteiger partial charge is 0.239 e. The number of amides is 2. The van der Waals surface area contributed by atoms with Gasteiger partial charge in [0.05, 0.1) is 12.8 Å². The molecule has 2 aromatic carbocycles. The molecule has 138 valence electrons. The summed E-state index contributed by atoms with van der Waals surface area (Å²) >= 11 is 12.0. The van der Waals surface area contributed by atoms with Crippen molar-refractivity contribution >= 4 is 46.4 Å². The number of halogens is 2. The Hall–Kier alpha value is -2.24. The van der Waals surface area contributed by atoms with Gasteiger partial charge in [0.15, 0.2) is 0 Å². The van der Waals surface area contributed by atoms with Crippen molar-refractivity contribution in [2.24, 2.45) is 5.41 Å². The van der Waals surface area contributed by atoms with Crippen LogP contribution in [0.5, 0.6) is 5.75 Å². The molecule has 2 amide bonds. The van der Waals surface area contributed by atoms with Gasteiger partial charge in [-0.25, -0.2) is 0 Å². The number of rotatable bonds is 5. The second-order valence-electron chi connectivity index (χ2n) is 6.35. The highest BCUT2D eigenvalue weighted by Crippen LogP contribution is 2.32. The van der Waals surface area contributed by atoms with Crippen LogP contribution in [0.25, 0.3) is 0 Å². The molecule has 7 heteroatoms. The van der Waals surface area contributed by atoms with Gasteiger partial charge in [-0.05, 0) is 50.6 Å². The first-order valence-corrected chi connectivity index (χ1v) is 8.63. The normalized spacial score (nSPS) is 11.0. The number of benzene rings is 2. The molecule has 0 aromatic heterocycles. The van der Waals surface area contributed by atoms with Crippen molar-refractivity contribution in [2.45, 2.75) is 20.8 Å². The molecule has 0 saturated heterocycles. The Morgan fingerprint density at radius 1 is 1.04 bits per heavy atom. The molecule has 0 aliphatic rings. The molecule has 0 aliphatic heterocycles. The number of hydrogen-bond acceptors (Lipinski definition) is 3. The fraction of sp³-hybridized carbons (Fsp3) is 0.263. The molecule has 0 aliphatic carbocycles. The molecule has 0 unspecified atom stereocenters. The molecule has 0 heterocycles. The molecule has 2 rings (SSSR count). The van der Waals surface area contributed by atoms with Gasteiger partial charge in [0, 0.05) is 21.8 Å². The van der Waals surface area contributed by atoms with Crippen LogP contribution in [0.2, 0.25) is 10.0 Å². The highest BCUT2D eigenvalue weighted by molar-refractivity contribution is 6.31. The van der Waals surface area contributed by atoms with E-state index in [0.29, 0.717) is 27.2 Å². The highest BCUT2D eigenvalue weighted by Gasteiger charge is 2.36. The van der Waals surface area contributed by atoms with E-state index in [9.17, 15) is 9.59 Å². The van der Waals surface area contributed by atoms with E-state index in [0.717, 1.165) is 5.56 Å². The first-order valence-electron chi connectivity index (χ1n) is 7.87. The number of carbonyl (C=O) groups excluding carboxylic acids is 2. The minimum absolute atomic E-state index is 0.417. The summed E-state index contributed by atoms with van der Waals surface area (Å²) in [6.45, 7) is 4.89. The van der Waals surface area contributed by atoms with Crippen LogP contribution in [0, 0.1) is 12.3 Å². The van der Waals surface area contributed by atoms with Crippen LogP contribution in [0.1, 0.15) is 19.4 Å². The zero-order chi connectivity index (χ0) is 19.5. The summed E-state index contributed by atoms with van der Waals surface area (Å²) in [5.41, 5.74) is 0.413. The van der Waals surface area contributed by atoms with Crippen LogP contribution in [-0.2, 0) is 9.59 Å². The first-order chi connectivity index (χ1) is 12.1. The summed E-state index contributed by atoms with van der Waals surface area (Å²) in [4.78, 5) is 25.3. The van der Waals surface area contributed by atoms with Gasteiger partial charge in [-0.15, -0.1) is 0 Å². The highest BCUT2D eigenvalue weighted by atomic mass is 35.5. The number of aryl methyl sites for hydroxylation is 1. The predicted octanol–water partition coefficient (Wildman–Crippen LogP) is 4.91. The van der Waals surface area contributed by atoms with E-state index >= 15 is 0 Å². The lowest BCUT2D eigenvalue weighted by atomic mass is 9.90. The van der Waals surface area contributed by atoms with Crippen LogP contribution in [-0.4, -0.2) is 18.9 Å². The van der Waals surface area contributed by atoms with Crippen molar-refractivity contribution in [3.05, 3.63) is 52.0 Å². The molecule has 0 fully saturated rings. The monoisotopic (exact) mass is 394 g/mol. The van der Waals surface area contributed by atoms with E-state index in [2.05, 4.69) is 10.6 Å². The standard InChI is InChI=1S/C19H20Cl2N2O3/c1-11-8-15(16(26-4)10-14(11)21)23-18(25)19(2,3)17(24)22-13-7-5-6-12(20)9-13/h5-10H,1-4H3,(H,22,24)(H,23,25). The lowest BCUT2D eigenvalue weighted by Gasteiger charge is -2.23. The topological polar surface area (TPSA) is 67.4 Å². The van der Waals surface area contributed by atoms with Gasteiger partial charge in [-0.3, -0.25) is 9.59 Å². The maximum atomic E-state index is 12.7. The van der Waals surface area contributed by atoms with Crippen molar-refractivity contribution in [3.63, 3.8) is 0 Å². The molecule has 0 spiro atoms. The lowest BCUT2D eigenvalue weighted by Crippen LogP contribution is -2.41. The van der Waals surface area contributed by atoms with Crippen molar-refractivity contribution < 1.29 is 14.3 Å². The third-order valence-electron chi connectivity index (χ3n) is 3.95. The maximum absolute atomic E-state index is 12.7. The Bertz CT molecular complexity index is 851. The second-order valence-corrected chi connectivity index (χ2v) is 7.19. The number of methoxy groups -OCH3 is 1. The summed E-state index contributed by atoms with van der Waals surface area (Å²) in [5, 5.41) is 6.46. The Morgan fingerprint density at radius 3 is 2.31 bits per heavy atom. The average Bonchev–Trinajstić information content (AvgIpc) is 2.57. The fourth-order valence-electron chi connectivity index (χ4n) is 2.17. The predicted molar refractivity (Wildman–Crippen MR) is 105 cm³/mol. The summed E-state index contributed by atoms with van der Waals surface area (Å²) in [6, 6.07) is 10.0. The van der Waals surface area contributed by atoms with E-state index in [1.807, 2.05) is 6.92 Å². The van der Waals surface area contributed by atoms with Gasteiger partial charge >= 0.3 is 0 Å². The first kappa shape index (κ1) is 20.1. The van der Waals surface area contributed by atoms with Crippen molar-refractivity contribution in [1.29, 1.82) is 0 Å². The van der Waals surface area contributed by atoms with Crippen molar-refractivity contribution in [2.75, 3.05) is 17.7 Å². The molecular weight excluding hydrogens is 375 g/mol. The summed E-state index contributed by atoms with van der Waals surface area (Å²) in [5.74, 6) is -0.515. The Labute approximate surface area is 162 Å². The van der Waals surface area contributed by atoms with Gasteiger partial charge in [0.25, 0.3) is 0 Å². The van der Waals surface area contributed by atoms with Crippen molar-refractivity contribution in [1.82, 2.24) is 0 Å². The van der Waals surface area contributed by atoms with Gasteiger partial charge in [-0.1, -0.05) is 29.3 Å². The van der Waals surface area contributed by atoms with E-state index < -0.39 is 17.2 Å². The molecule has 0 bridgehead atoms. The third-order valence-corrected chi connectivity index (χ3v) is 4.59. The second kappa shape index (κ2) is 7.98. The third kappa shape index (κ3) is 4.48. The Morgan fingerprint density at radius 2 is 1.69 bits per heavy atom. The van der Waals surface area contributed by atoms with E-state index in [1.54, 1.807) is 36.4 Å². The van der Waals surface area contributed by atoms with Crippen LogP contribution in [0.4, 0.5) is 11.4 Å². The molecule has 0 atom stereocenters. The molecule has 0 radical (unpaired) electrons. The Kier molecular flexibility index (Phi) is 6.16. The summed E-state index contributed by atoms with van der Waals surface area (Å²) < 4.78 is 5.25. The van der Waals surface area contributed by atoms with E-state index in [-0.39, 0.29) is 0 Å². The molecule has 2 N–H and O–H groups in total. The minimum atomic E-state index is -1.33.